The van der Waals surface area contributed by atoms with Gasteiger partial charge in [-0.25, -0.2) is 14.3 Å². The van der Waals surface area contributed by atoms with Gasteiger partial charge in [-0.3, -0.25) is 9.36 Å². The number of carbonyl (C=O) groups excluding carboxylic acids is 2. The molecule has 0 saturated carbocycles. The molecule has 0 saturated heterocycles. The summed E-state index contributed by atoms with van der Waals surface area (Å²) in [5.74, 6) is -1.04. The Morgan fingerprint density at radius 1 is 1.12 bits per heavy atom. The number of esters is 1. The number of aromatic nitrogens is 5. The van der Waals surface area contributed by atoms with E-state index >= 15 is 0 Å². The van der Waals surface area contributed by atoms with Crippen molar-refractivity contribution in [1.29, 1.82) is 5.26 Å². The van der Waals surface area contributed by atoms with Crippen molar-refractivity contribution in [2.24, 2.45) is 0 Å². The molecule has 0 fully saturated rings. The summed E-state index contributed by atoms with van der Waals surface area (Å²) in [6.07, 6.45) is 0. The Bertz CT molecular complexity index is 1430. The fourth-order valence-corrected chi connectivity index (χ4v) is 3.58. The zero-order valence-electron chi connectivity index (χ0n) is 18.6. The molecular formula is C23H21N7O3. The molecule has 0 aliphatic heterocycles. The molecule has 1 aromatic carbocycles. The van der Waals surface area contributed by atoms with Crippen LogP contribution in [0.25, 0.3) is 11.5 Å². The van der Waals surface area contributed by atoms with Crippen LogP contribution in [0.3, 0.4) is 0 Å². The minimum Gasteiger partial charge on any atom is -0.450 e. The lowest BCUT2D eigenvalue weighted by Crippen LogP contribution is -2.23. The van der Waals surface area contributed by atoms with Crippen LogP contribution in [0.15, 0.2) is 36.4 Å². The highest BCUT2D eigenvalue weighted by Gasteiger charge is 2.22. The van der Waals surface area contributed by atoms with E-state index in [1.807, 2.05) is 64.1 Å². The van der Waals surface area contributed by atoms with Crippen molar-refractivity contribution in [1.82, 2.24) is 24.1 Å². The monoisotopic (exact) mass is 443 g/mol. The summed E-state index contributed by atoms with van der Waals surface area (Å²) in [4.78, 5) is 33.3. The Balaban J connectivity index is 1.53. The van der Waals surface area contributed by atoms with Crippen LogP contribution in [-0.2, 0) is 9.53 Å². The van der Waals surface area contributed by atoms with E-state index in [1.54, 1.807) is 4.57 Å². The first-order valence-electron chi connectivity index (χ1n) is 10.2. The molecule has 4 aromatic rings. The van der Waals surface area contributed by atoms with Crippen LogP contribution in [0.5, 0.6) is 0 Å². The van der Waals surface area contributed by atoms with Crippen molar-refractivity contribution in [2.75, 3.05) is 11.9 Å². The molecule has 166 valence electrons. The summed E-state index contributed by atoms with van der Waals surface area (Å²) in [6, 6.07) is 13.3. The third-order valence-electron chi connectivity index (χ3n) is 5.23. The number of aryl methyl sites for hydroxylation is 2. The highest BCUT2D eigenvalue weighted by molar-refractivity contribution is 5.95. The predicted octanol–water partition coefficient (Wildman–Crippen LogP) is 2.82. The summed E-state index contributed by atoms with van der Waals surface area (Å²) in [5, 5.41) is 16.5. The molecule has 4 rings (SSSR count). The Hall–Kier alpha value is -4.52. The average Bonchev–Trinajstić information content (AvgIpc) is 3.32. The average molecular weight is 443 g/mol. The Kier molecular flexibility index (Phi) is 5.62. The van der Waals surface area contributed by atoms with E-state index < -0.39 is 18.5 Å². The fourth-order valence-electron chi connectivity index (χ4n) is 3.58. The number of para-hydroxylation sites is 1. The van der Waals surface area contributed by atoms with Crippen molar-refractivity contribution < 1.29 is 14.3 Å². The smallest absolute Gasteiger partial charge is 0.378 e. The summed E-state index contributed by atoms with van der Waals surface area (Å²) >= 11 is 0. The number of nitriles is 1. The number of fused-ring (bicyclic) bond motifs is 1. The fraction of sp³-hybridized carbons (Fsp3) is 0.217. The first-order valence-corrected chi connectivity index (χ1v) is 10.2. The summed E-state index contributed by atoms with van der Waals surface area (Å²) in [7, 11) is 0. The topological polar surface area (TPSA) is 127 Å². The van der Waals surface area contributed by atoms with Crippen LogP contribution >= 0.6 is 0 Å². The van der Waals surface area contributed by atoms with E-state index in [0.717, 1.165) is 28.3 Å². The second kappa shape index (κ2) is 8.55. The molecule has 1 N–H and O–H groups in total. The second-order valence-corrected chi connectivity index (χ2v) is 7.53. The van der Waals surface area contributed by atoms with Crippen LogP contribution < -0.4 is 5.32 Å². The summed E-state index contributed by atoms with van der Waals surface area (Å²) in [6.45, 7) is 6.75. The maximum absolute atomic E-state index is 12.6. The summed E-state index contributed by atoms with van der Waals surface area (Å²) in [5.41, 5.74) is 4.21. The van der Waals surface area contributed by atoms with Crippen LogP contribution in [0.2, 0.25) is 0 Å². The maximum Gasteiger partial charge on any atom is 0.378 e. The highest BCUT2D eigenvalue weighted by atomic mass is 16.5. The maximum atomic E-state index is 12.6. The van der Waals surface area contributed by atoms with Gasteiger partial charge in [-0.2, -0.15) is 10.2 Å². The number of nitrogens with one attached hydrogen (secondary N) is 1. The first-order chi connectivity index (χ1) is 15.8. The zero-order chi connectivity index (χ0) is 23.7. The normalized spacial score (nSPS) is 10.8. The van der Waals surface area contributed by atoms with E-state index in [9.17, 15) is 14.9 Å². The van der Waals surface area contributed by atoms with Crippen molar-refractivity contribution in [3.8, 4) is 11.8 Å². The third-order valence-corrected chi connectivity index (χ3v) is 5.23. The molecular weight excluding hydrogens is 422 g/mol. The quantitative estimate of drug-likeness (QED) is 0.470. The molecule has 0 spiro atoms. The second-order valence-electron chi connectivity index (χ2n) is 7.53. The Labute approximate surface area is 189 Å². The molecule has 0 aliphatic carbocycles. The predicted molar refractivity (Wildman–Crippen MR) is 119 cm³/mol. The van der Waals surface area contributed by atoms with Crippen LogP contribution in [-0.4, -0.2) is 42.6 Å². The van der Waals surface area contributed by atoms with Gasteiger partial charge in [-0.1, -0.05) is 18.2 Å². The van der Waals surface area contributed by atoms with Gasteiger partial charge in [0.05, 0.1) is 5.56 Å². The van der Waals surface area contributed by atoms with Crippen molar-refractivity contribution in [3.05, 3.63) is 70.4 Å². The lowest BCUT2D eigenvalue weighted by atomic mass is 10.2. The highest BCUT2D eigenvalue weighted by Crippen LogP contribution is 2.29. The van der Waals surface area contributed by atoms with Gasteiger partial charge in [-0.15, -0.1) is 5.10 Å². The van der Waals surface area contributed by atoms with Crippen LogP contribution in [0, 0.1) is 39.0 Å². The van der Waals surface area contributed by atoms with E-state index in [2.05, 4.69) is 26.5 Å². The number of benzene rings is 1. The lowest BCUT2D eigenvalue weighted by Gasteiger charge is -2.13. The van der Waals surface area contributed by atoms with Crippen molar-refractivity contribution >= 4 is 23.5 Å². The molecule has 3 aromatic heterocycles. The molecule has 0 atom stereocenters. The number of anilines is 1. The van der Waals surface area contributed by atoms with Gasteiger partial charge in [-0.05, 0) is 51.5 Å². The number of rotatable bonds is 5. The minimum absolute atomic E-state index is 0.193. The molecule has 10 nitrogen and oxygen atoms in total. The Morgan fingerprint density at radius 2 is 1.85 bits per heavy atom. The molecule has 3 heterocycles. The largest absolute Gasteiger partial charge is 0.450 e. The van der Waals surface area contributed by atoms with E-state index in [-0.39, 0.29) is 11.6 Å². The van der Waals surface area contributed by atoms with E-state index in [0.29, 0.717) is 11.4 Å². The van der Waals surface area contributed by atoms with Gasteiger partial charge in [0.2, 0.25) is 0 Å². The molecule has 10 heteroatoms. The number of amides is 1. The van der Waals surface area contributed by atoms with E-state index in [4.69, 9.17) is 4.74 Å². The number of ether oxygens (including phenoxy) is 1. The van der Waals surface area contributed by atoms with E-state index in [1.165, 1.54) is 4.52 Å². The molecule has 0 unspecified atom stereocenters. The minimum atomic E-state index is -0.848. The number of hydrogen-bond donors (Lipinski definition) is 1. The number of hydrogen-bond acceptors (Lipinski definition) is 7. The molecule has 0 bridgehead atoms. The molecule has 1 amide bonds. The van der Waals surface area contributed by atoms with Crippen molar-refractivity contribution in [2.45, 2.75) is 27.7 Å². The molecule has 0 radical (unpaired) electrons. The number of nitrogens with zero attached hydrogens (tertiary/aromatic N) is 6. The van der Waals surface area contributed by atoms with Crippen molar-refractivity contribution in [3.63, 3.8) is 0 Å². The first kappa shape index (κ1) is 21.7. The zero-order valence-corrected chi connectivity index (χ0v) is 18.6. The van der Waals surface area contributed by atoms with Gasteiger partial charge in [0.1, 0.15) is 11.9 Å². The van der Waals surface area contributed by atoms with Gasteiger partial charge < -0.3 is 10.1 Å². The molecule has 33 heavy (non-hydrogen) atoms. The van der Waals surface area contributed by atoms with Gasteiger partial charge in [0.15, 0.2) is 6.61 Å². The Morgan fingerprint density at radius 3 is 2.55 bits per heavy atom. The molecule has 0 aliphatic rings. The standard InChI is InChI=1S/C23H21N7O3/c1-13-10-14(2)30-23(25-13)27-20(28-30)22(32)33-12-19(31)26-21-18(11-24)15(3)16(4)29(21)17-8-6-5-7-9-17/h5-10H,12H2,1-4H3,(H,26,31). The van der Waals surface area contributed by atoms with Crippen LogP contribution in [0.1, 0.15) is 38.8 Å². The lowest BCUT2D eigenvalue weighted by molar-refractivity contribution is -0.119. The van der Waals surface area contributed by atoms with Gasteiger partial charge in [0.25, 0.3) is 17.5 Å². The van der Waals surface area contributed by atoms with Gasteiger partial charge >= 0.3 is 5.97 Å². The van der Waals surface area contributed by atoms with Gasteiger partial charge in [0, 0.05) is 22.8 Å². The van der Waals surface area contributed by atoms with Crippen LogP contribution in [0.4, 0.5) is 5.82 Å². The third kappa shape index (κ3) is 4.04. The number of carbonyl (C=O) groups is 2. The summed E-state index contributed by atoms with van der Waals surface area (Å²) < 4.78 is 8.33. The SMILES string of the molecule is Cc1cc(C)n2nc(C(=O)OCC(=O)Nc3c(C#N)c(C)c(C)n3-c3ccccc3)nc2n1.